The van der Waals surface area contributed by atoms with Crippen molar-refractivity contribution in [2.24, 2.45) is 0 Å². The largest absolute Gasteiger partial charge is 0.508 e. The van der Waals surface area contributed by atoms with E-state index in [0.29, 0.717) is 11.4 Å². The van der Waals surface area contributed by atoms with Crippen molar-refractivity contribution < 1.29 is 50.5 Å². The first kappa shape index (κ1) is 35.3. The van der Waals surface area contributed by atoms with Crippen LogP contribution in [-0.4, -0.2) is 54.0 Å². The zero-order chi connectivity index (χ0) is 37.4. The lowest BCUT2D eigenvalue weighted by atomic mass is 10.1. The van der Waals surface area contributed by atoms with Gasteiger partial charge in [0, 0.05) is 55.4 Å². The number of phenolic OH excluding ortho intramolecular Hbond substituents is 2. The maximum Gasteiger partial charge on any atom is 0.323 e. The summed E-state index contributed by atoms with van der Waals surface area (Å²) >= 11 is 0. The Hall–Kier alpha value is -6.53. The third kappa shape index (κ3) is 7.62. The van der Waals surface area contributed by atoms with E-state index in [0.717, 1.165) is 24.3 Å². The highest BCUT2D eigenvalue weighted by Crippen LogP contribution is 2.34. The number of hydrogen-bond acceptors (Lipinski definition) is 9. The lowest BCUT2D eigenvalue weighted by Gasteiger charge is -2.13. The number of urea groups is 1. The Morgan fingerprint density at radius 2 is 0.808 bits per heavy atom. The van der Waals surface area contributed by atoms with Gasteiger partial charge in [0.25, 0.3) is 32.1 Å². The van der Waals surface area contributed by atoms with Crippen LogP contribution in [0.2, 0.25) is 0 Å². The fraction of sp³-hybridized carbons (Fsp3) is 0. The van der Waals surface area contributed by atoms with Crippen LogP contribution in [0.15, 0.2) is 119 Å². The second-order valence-corrected chi connectivity index (χ2v) is 14.1. The summed E-state index contributed by atoms with van der Waals surface area (Å²) < 4.78 is 66.3. The highest BCUT2D eigenvalue weighted by atomic mass is 32.2. The molecule has 0 aromatic heterocycles. The van der Waals surface area contributed by atoms with E-state index in [1.54, 1.807) is 0 Å². The highest BCUT2D eigenvalue weighted by molar-refractivity contribution is 7.86. The van der Waals surface area contributed by atoms with Crippen molar-refractivity contribution in [2.45, 2.75) is 9.79 Å². The minimum atomic E-state index is -4.61. The Bertz CT molecular complexity index is 2460. The minimum Gasteiger partial charge on any atom is -0.508 e. The van der Waals surface area contributed by atoms with Gasteiger partial charge in [-0.2, -0.15) is 16.8 Å². The number of hydrogen-bond donors (Lipinski definition) is 8. The summed E-state index contributed by atoms with van der Waals surface area (Å²) in [6, 6.07) is 23.6. The summed E-state index contributed by atoms with van der Waals surface area (Å²) in [7, 11) is -9.22. The fourth-order valence-corrected chi connectivity index (χ4v) is 6.75. The number of fused-ring (bicyclic) bond motifs is 2. The van der Waals surface area contributed by atoms with Crippen molar-refractivity contribution >= 4 is 82.4 Å². The Morgan fingerprint density at radius 1 is 0.442 bits per heavy atom. The van der Waals surface area contributed by atoms with Crippen LogP contribution in [-0.2, 0) is 20.2 Å². The Morgan fingerprint density at radius 3 is 1.15 bits per heavy atom. The monoisotopic (exact) mass is 742 g/mol. The topological polar surface area (TPSA) is 249 Å². The second-order valence-electron chi connectivity index (χ2n) is 11.3. The molecule has 15 nitrogen and oxygen atoms in total. The number of aromatic hydroxyl groups is 2. The van der Waals surface area contributed by atoms with Gasteiger partial charge in [-0.05, 0) is 109 Å². The zero-order valence-corrected chi connectivity index (χ0v) is 28.0. The third-order valence-electron chi connectivity index (χ3n) is 7.78. The summed E-state index contributed by atoms with van der Waals surface area (Å²) in [5.74, 6) is -1.60. The minimum absolute atomic E-state index is 0.00591. The van der Waals surface area contributed by atoms with Gasteiger partial charge in [0.1, 0.15) is 21.3 Å². The summed E-state index contributed by atoms with van der Waals surface area (Å²) in [4.78, 5) is 37.7. The molecule has 0 bridgehead atoms. The maximum atomic E-state index is 13.0. The van der Waals surface area contributed by atoms with E-state index < -0.39 is 47.9 Å². The molecule has 0 aliphatic rings. The van der Waals surface area contributed by atoms with E-state index in [-0.39, 0.29) is 55.5 Å². The van der Waals surface area contributed by atoms with Gasteiger partial charge in [-0.15, -0.1) is 0 Å². The van der Waals surface area contributed by atoms with E-state index in [4.69, 9.17) is 0 Å². The van der Waals surface area contributed by atoms with Crippen molar-refractivity contribution in [3.63, 3.8) is 0 Å². The van der Waals surface area contributed by atoms with Gasteiger partial charge in [0.05, 0.1) is 0 Å². The molecule has 0 unspecified atom stereocenters. The summed E-state index contributed by atoms with van der Waals surface area (Å²) in [5.41, 5.74) is 1.52. The van der Waals surface area contributed by atoms with Crippen molar-refractivity contribution in [3.05, 3.63) is 120 Å². The van der Waals surface area contributed by atoms with Gasteiger partial charge in [0.15, 0.2) is 0 Å². The molecule has 0 radical (unpaired) electrons. The SMILES string of the molecule is O=C(Nc1ccc(C(=O)Nc2ccc(S(=O)(=O)O)c3cc(O)ccc23)cc1)Nc1ccc(C(=O)Nc2ccc(S(=O)(=O)O)c3cc(O)ccc23)cc1. The van der Waals surface area contributed by atoms with Crippen molar-refractivity contribution in [1.29, 1.82) is 0 Å². The zero-order valence-electron chi connectivity index (χ0n) is 26.4. The predicted octanol–water partition coefficient (Wildman–Crippen LogP) is 6.05. The number of phenols is 2. The molecular formula is C35H26N4O11S2. The van der Waals surface area contributed by atoms with E-state index in [2.05, 4.69) is 21.3 Å². The summed E-state index contributed by atoms with van der Waals surface area (Å²) in [5, 5.41) is 30.8. The molecule has 17 heteroatoms. The first-order valence-corrected chi connectivity index (χ1v) is 17.8. The van der Waals surface area contributed by atoms with Crippen molar-refractivity contribution in [1.82, 2.24) is 0 Å². The maximum absolute atomic E-state index is 13.0. The van der Waals surface area contributed by atoms with Crippen LogP contribution in [0.25, 0.3) is 21.5 Å². The fourth-order valence-electron chi connectivity index (χ4n) is 5.38. The van der Waals surface area contributed by atoms with E-state index >= 15 is 0 Å². The summed E-state index contributed by atoms with van der Waals surface area (Å²) in [6.07, 6.45) is 0. The van der Waals surface area contributed by atoms with Gasteiger partial charge in [-0.25, -0.2) is 4.79 Å². The number of carbonyl (C=O) groups is 3. The number of carbonyl (C=O) groups excluding carboxylic acids is 3. The molecule has 0 saturated carbocycles. The Kier molecular flexibility index (Phi) is 9.26. The molecule has 0 atom stereocenters. The molecule has 6 aromatic carbocycles. The van der Waals surface area contributed by atoms with E-state index in [9.17, 15) is 50.5 Å². The molecule has 6 rings (SSSR count). The molecule has 0 aliphatic carbocycles. The molecular weight excluding hydrogens is 717 g/mol. The Balaban J connectivity index is 1.08. The molecule has 0 heterocycles. The van der Waals surface area contributed by atoms with E-state index in [1.807, 2.05) is 0 Å². The third-order valence-corrected chi connectivity index (χ3v) is 9.61. The molecule has 4 amide bonds. The average Bonchev–Trinajstić information content (AvgIpc) is 3.07. The molecule has 0 fully saturated rings. The van der Waals surface area contributed by atoms with Gasteiger partial charge in [-0.1, -0.05) is 0 Å². The van der Waals surface area contributed by atoms with Gasteiger partial charge in [0.2, 0.25) is 0 Å². The van der Waals surface area contributed by atoms with Crippen LogP contribution in [0.5, 0.6) is 11.5 Å². The van der Waals surface area contributed by atoms with Gasteiger partial charge < -0.3 is 31.5 Å². The number of amides is 4. The number of rotatable bonds is 8. The molecule has 52 heavy (non-hydrogen) atoms. The molecule has 0 aliphatic heterocycles. The first-order valence-electron chi connectivity index (χ1n) is 14.9. The number of nitrogens with one attached hydrogen (secondary N) is 4. The smallest absolute Gasteiger partial charge is 0.323 e. The first-order chi connectivity index (χ1) is 24.6. The van der Waals surface area contributed by atoms with Crippen molar-refractivity contribution in [3.8, 4) is 11.5 Å². The second kappa shape index (κ2) is 13.6. The molecule has 8 N–H and O–H groups in total. The predicted molar refractivity (Wildman–Crippen MR) is 192 cm³/mol. The standard InChI is InChI=1S/C35H26N4O11S2/c40-23-9-11-25-27(17-23)31(51(45,46)47)15-13-29(25)38-33(42)19-1-5-21(6-2-19)36-35(44)37-22-7-3-20(4-8-22)34(43)39-30-14-16-32(52(48,49)50)28-18-24(41)10-12-26(28)30/h1-18,40-41H,(H,38,42)(H,39,43)(H2,36,37,44)(H,45,46,47)(H,48,49,50). The quantitative estimate of drug-likeness (QED) is 0.0834. The van der Waals surface area contributed by atoms with Gasteiger partial charge in [-0.3, -0.25) is 18.7 Å². The average molecular weight is 743 g/mol. The lowest BCUT2D eigenvalue weighted by molar-refractivity contribution is 0.101. The number of benzene rings is 6. The lowest BCUT2D eigenvalue weighted by Crippen LogP contribution is -2.20. The van der Waals surface area contributed by atoms with Crippen LogP contribution < -0.4 is 21.3 Å². The van der Waals surface area contributed by atoms with Crippen LogP contribution in [0.1, 0.15) is 20.7 Å². The van der Waals surface area contributed by atoms with Crippen LogP contribution in [0.4, 0.5) is 27.5 Å². The highest BCUT2D eigenvalue weighted by Gasteiger charge is 2.20. The molecule has 264 valence electrons. The normalized spacial score (nSPS) is 11.6. The molecule has 6 aromatic rings. The summed E-state index contributed by atoms with van der Waals surface area (Å²) in [6.45, 7) is 0. The van der Waals surface area contributed by atoms with E-state index in [1.165, 1.54) is 84.9 Å². The van der Waals surface area contributed by atoms with Crippen LogP contribution in [0, 0.1) is 0 Å². The molecule has 0 spiro atoms. The molecule has 0 saturated heterocycles. The number of anilines is 4. The van der Waals surface area contributed by atoms with Crippen LogP contribution in [0.3, 0.4) is 0 Å². The van der Waals surface area contributed by atoms with Gasteiger partial charge >= 0.3 is 6.03 Å². The Labute approximate surface area is 295 Å². The van der Waals surface area contributed by atoms with Crippen molar-refractivity contribution in [2.75, 3.05) is 21.3 Å². The van der Waals surface area contributed by atoms with Crippen LogP contribution >= 0.6 is 0 Å².